The molecule has 0 spiro atoms. The molecule has 6 heteroatoms. The predicted molar refractivity (Wildman–Crippen MR) is 117 cm³/mol. The quantitative estimate of drug-likeness (QED) is 0.349. The molecular weight excluding hydrogens is 398 g/mol. The van der Waals surface area contributed by atoms with Gasteiger partial charge in [0.05, 0.1) is 15.8 Å². The van der Waals surface area contributed by atoms with Crippen LogP contribution in [0.25, 0.3) is 32.9 Å². The highest BCUT2D eigenvalue weighted by atomic mass is 32.1. The number of oxazole rings is 1. The lowest BCUT2D eigenvalue weighted by Gasteiger charge is -2.09. The monoisotopic (exact) mass is 415 g/mol. The maximum absolute atomic E-state index is 13.0. The van der Waals surface area contributed by atoms with Crippen LogP contribution in [0.4, 0.5) is 0 Å². The normalized spacial score (nSPS) is 11.1. The molecule has 148 valence electrons. The average Bonchev–Trinajstić information content (AvgIpc) is 3.45. The number of rotatable bonds is 5. The summed E-state index contributed by atoms with van der Waals surface area (Å²) in [5.74, 6) is 1.75. The van der Waals surface area contributed by atoms with Crippen molar-refractivity contribution in [3.05, 3.63) is 94.0 Å². The van der Waals surface area contributed by atoms with E-state index in [1.54, 1.807) is 42.7 Å². The molecule has 5 nitrogen and oxygen atoms in total. The standard InChI is InChI=1S/C24H17NO4S/c1-15-22(16-6-3-2-4-7-16)23(26)19-10-9-18(12-20(19)29-15)27-13-17-14-28-24(25-17)21-8-5-11-30-21/h2-12,14H,13H2,1H3. The lowest BCUT2D eigenvalue weighted by atomic mass is 10.0. The van der Waals surface area contributed by atoms with Gasteiger partial charge < -0.3 is 13.6 Å². The molecule has 0 fully saturated rings. The van der Waals surface area contributed by atoms with Crippen molar-refractivity contribution < 1.29 is 13.6 Å². The second-order valence-corrected chi connectivity index (χ2v) is 7.74. The first-order valence-corrected chi connectivity index (χ1v) is 10.3. The summed E-state index contributed by atoms with van der Waals surface area (Å²) in [5, 5.41) is 2.50. The molecular formula is C24H17NO4S. The zero-order valence-corrected chi connectivity index (χ0v) is 16.9. The maximum Gasteiger partial charge on any atom is 0.236 e. The topological polar surface area (TPSA) is 65.5 Å². The van der Waals surface area contributed by atoms with Crippen LogP contribution >= 0.6 is 11.3 Å². The summed E-state index contributed by atoms with van der Waals surface area (Å²) < 4.78 is 17.3. The van der Waals surface area contributed by atoms with Crippen LogP contribution in [0.5, 0.6) is 5.75 Å². The minimum atomic E-state index is -0.0522. The van der Waals surface area contributed by atoms with Gasteiger partial charge in [0.25, 0.3) is 0 Å². The Morgan fingerprint density at radius 1 is 1.07 bits per heavy atom. The molecule has 0 saturated heterocycles. The molecule has 0 aliphatic rings. The number of aromatic nitrogens is 1. The van der Waals surface area contributed by atoms with Crippen LogP contribution in [0.3, 0.4) is 0 Å². The first-order valence-electron chi connectivity index (χ1n) is 9.43. The Hall–Kier alpha value is -3.64. The average molecular weight is 415 g/mol. The molecule has 0 amide bonds. The van der Waals surface area contributed by atoms with Gasteiger partial charge in [-0.25, -0.2) is 4.98 Å². The Kier molecular flexibility index (Phi) is 4.69. The Morgan fingerprint density at radius 3 is 2.73 bits per heavy atom. The second kappa shape index (κ2) is 7.65. The molecule has 5 rings (SSSR count). The first-order chi connectivity index (χ1) is 14.7. The van der Waals surface area contributed by atoms with Gasteiger partial charge in [-0.05, 0) is 36.1 Å². The molecule has 5 aromatic rings. The molecule has 0 atom stereocenters. The molecule has 3 aromatic heterocycles. The minimum absolute atomic E-state index is 0.0522. The number of fused-ring (bicyclic) bond motifs is 1. The van der Waals surface area contributed by atoms with Crippen molar-refractivity contribution in [2.45, 2.75) is 13.5 Å². The Labute approximate surface area is 176 Å². The zero-order chi connectivity index (χ0) is 20.5. The predicted octanol–water partition coefficient (Wildman–Crippen LogP) is 6.06. The van der Waals surface area contributed by atoms with Crippen molar-refractivity contribution in [1.29, 1.82) is 0 Å². The summed E-state index contributed by atoms with van der Waals surface area (Å²) in [6, 6.07) is 18.7. The molecule has 0 radical (unpaired) electrons. The van der Waals surface area contributed by atoms with E-state index in [1.165, 1.54) is 0 Å². The van der Waals surface area contributed by atoms with Gasteiger partial charge in [-0.2, -0.15) is 0 Å². The van der Waals surface area contributed by atoms with E-state index in [9.17, 15) is 4.79 Å². The van der Waals surface area contributed by atoms with Crippen molar-refractivity contribution in [2.24, 2.45) is 0 Å². The van der Waals surface area contributed by atoms with Crippen molar-refractivity contribution in [3.63, 3.8) is 0 Å². The number of nitrogens with zero attached hydrogens (tertiary/aromatic N) is 1. The van der Waals surface area contributed by atoms with E-state index in [4.69, 9.17) is 13.6 Å². The first kappa shape index (κ1) is 18.4. The van der Waals surface area contributed by atoms with Crippen LogP contribution in [0.1, 0.15) is 11.5 Å². The van der Waals surface area contributed by atoms with E-state index in [2.05, 4.69) is 4.98 Å². The summed E-state index contributed by atoms with van der Waals surface area (Å²) in [6.45, 7) is 2.06. The zero-order valence-electron chi connectivity index (χ0n) is 16.1. The number of hydrogen-bond donors (Lipinski definition) is 0. The molecule has 2 aromatic carbocycles. The van der Waals surface area contributed by atoms with Crippen molar-refractivity contribution in [1.82, 2.24) is 4.98 Å². The molecule has 0 aliphatic carbocycles. The highest BCUT2D eigenvalue weighted by molar-refractivity contribution is 7.13. The van der Waals surface area contributed by atoms with Gasteiger partial charge in [0.2, 0.25) is 11.3 Å². The summed E-state index contributed by atoms with van der Waals surface area (Å²) >= 11 is 1.57. The maximum atomic E-state index is 13.0. The van der Waals surface area contributed by atoms with Crippen LogP contribution in [0, 0.1) is 6.92 Å². The SMILES string of the molecule is Cc1oc2cc(OCc3coc(-c4cccs4)n3)ccc2c(=O)c1-c1ccccc1. The third-order valence-corrected chi connectivity index (χ3v) is 5.63. The van der Waals surface area contributed by atoms with E-state index < -0.39 is 0 Å². The van der Waals surface area contributed by atoms with Gasteiger partial charge in [-0.1, -0.05) is 36.4 Å². The van der Waals surface area contributed by atoms with Gasteiger partial charge in [-0.3, -0.25) is 4.79 Å². The van der Waals surface area contributed by atoms with Gasteiger partial charge in [-0.15, -0.1) is 11.3 Å². The molecule has 0 saturated carbocycles. The highest BCUT2D eigenvalue weighted by Gasteiger charge is 2.14. The number of benzene rings is 2. The fourth-order valence-corrected chi connectivity index (χ4v) is 4.01. The van der Waals surface area contributed by atoms with Crippen LogP contribution < -0.4 is 10.2 Å². The summed E-state index contributed by atoms with van der Waals surface area (Å²) in [6.07, 6.45) is 1.59. The Bertz CT molecular complexity index is 1370. The fourth-order valence-electron chi connectivity index (χ4n) is 3.36. The molecule has 0 aliphatic heterocycles. The lowest BCUT2D eigenvalue weighted by molar-refractivity contribution is 0.301. The van der Waals surface area contributed by atoms with Crippen molar-refractivity contribution in [2.75, 3.05) is 0 Å². The number of thiophene rings is 1. The van der Waals surface area contributed by atoms with E-state index in [1.807, 2.05) is 47.8 Å². The van der Waals surface area contributed by atoms with Crippen LogP contribution in [0.2, 0.25) is 0 Å². The summed E-state index contributed by atoms with van der Waals surface area (Å²) in [5.41, 5.74) is 2.56. The van der Waals surface area contributed by atoms with E-state index in [0.29, 0.717) is 39.6 Å². The molecule has 0 N–H and O–H groups in total. The third kappa shape index (κ3) is 3.42. The van der Waals surface area contributed by atoms with Gasteiger partial charge in [0.15, 0.2) is 0 Å². The number of hydrogen-bond acceptors (Lipinski definition) is 6. The van der Waals surface area contributed by atoms with Crippen molar-refractivity contribution >= 4 is 22.3 Å². The number of aryl methyl sites for hydroxylation is 1. The summed E-state index contributed by atoms with van der Waals surface area (Å²) in [7, 11) is 0. The number of ether oxygens (including phenoxy) is 1. The fraction of sp³-hybridized carbons (Fsp3) is 0.0833. The Balaban J connectivity index is 1.41. The minimum Gasteiger partial charge on any atom is -0.487 e. The molecule has 0 bridgehead atoms. The molecule has 3 heterocycles. The van der Waals surface area contributed by atoms with E-state index >= 15 is 0 Å². The largest absolute Gasteiger partial charge is 0.487 e. The molecule has 30 heavy (non-hydrogen) atoms. The van der Waals surface area contributed by atoms with Crippen LogP contribution in [-0.2, 0) is 6.61 Å². The van der Waals surface area contributed by atoms with E-state index in [-0.39, 0.29) is 12.0 Å². The third-order valence-electron chi connectivity index (χ3n) is 4.77. The van der Waals surface area contributed by atoms with E-state index in [0.717, 1.165) is 10.4 Å². The second-order valence-electron chi connectivity index (χ2n) is 6.80. The summed E-state index contributed by atoms with van der Waals surface area (Å²) in [4.78, 5) is 18.5. The lowest BCUT2D eigenvalue weighted by Crippen LogP contribution is -2.07. The molecule has 0 unspecified atom stereocenters. The van der Waals surface area contributed by atoms with Gasteiger partial charge in [0, 0.05) is 6.07 Å². The van der Waals surface area contributed by atoms with Crippen LogP contribution in [0.15, 0.2) is 85.9 Å². The highest BCUT2D eigenvalue weighted by Crippen LogP contribution is 2.27. The van der Waals surface area contributed by atoms with Gasteiger partial charge >= 0.3 is 0 Å². The Morgan fingerprint density at radius 2 is 1.93 bits per heavy atom. The van der Waals surface area contributed by atoms with Gasteiger partial charge in [0.1, 0.15) is 35.7 Å². The van der Waals surface area contributed by atoms with Crippen LogP contribution in [-0.4, -0.2) is 4.98 Å². The smallest absolute Gasteiger partial charge is 0.236 e. The van der Waals surface area contributed by atoms with Crippen molar-refractivity contribution in [3.8, 4) is 27.6 Å².